The van der Waals surface area contributed by atoms with E-state index in [9.17, 15) is 4.79 Å². The van der Waals surface area contributed by atoms with Crippen molar-refractivity contribution in [2.75, 3.05) is 33.4 Å². The highest BCUT2D eigenvalue weighted by atomic mass is 16.5. The molecule has 6 heteroatoms. The van der Waals surface area contributed by atoms with Gasteiger partial charge in [-0.2, -0.15) is 5.26 Å². The molecule has 2 heterocycles. The van der Waals surface area contributed by atoms with Gasteiger partial charge in [0.2, 0.25) is 5.91 Å². The van der Waals surface area contributed by atoms with Crippen LogP contribution in [0.25, 0.3) is 0 Å². The molecule has 2 aliphatic heterocycles. The van der Waals surface area contributed by atoms with E-state index in [1.807, 2.05) is 17.0 Å². The molecule has 1 saturated carbocycles. The van der Waals surface area contributed by atoms with Gasteiger partial charge < -0.3 is 19.1 Å². The highest BCUT2D eigenvalue weighted by Gasteiger charge is 2.47. The molecule has 4 rings (SSSR count). The summed E-state index contributed by atoms with van der Waals surface area (Å²) in [5, 5.41) is 8.86. The number of methoxy groups -OCH3 is 1. The van der Waals surface area contributed by atoms with Gasteiger partial charge in [0, 0.05) is 32.0 Å². The molecule has 144 valence electrons. The molecule has 1 aromatic carbocycles. The zero-order valence-electron chi connectivity index (χ0n) is 15.7. The van der Waals surface area contributed by atoms with Crippen LogP contribution in [0.4, 0.5) is 0 Å². The number of nitrogens with zero attached hydrogens (tertiary/aromatic N) is 2. The molecular formula is C21H26N2O4. The molecule has 6 nitrogen and oxygen atoms in total. The molecule has 2 saturated heterocycles. The summed E-state index contributed by atoms with van der Waals surface area (Å²) in [5.41, 5.74) is 0.394. The molecule has 1 aliphatic carbocycles. The third kappa shape index (κ3) is 3.67. The van der Waals surface area contributed by atoms with Crippen molar-refractivity contribution in [3.63, 3.8) is 0 Å². The van der Waals surface area contributed by atoms with Crippen LogP contribution in [0, 0.1) is 23.2 Å². The fraction of sp³-hybridized carbons (Fsp3) is 0.619. The Morgan fingerprint density at radius 1 is 1.33 bits per heavy atom. The fourth-order valence-corrected chi connectivity index (χ4v) is 4.41. The summed E-state index contributed by atoms with van der Waals surface area (Å²) in [5.74, 6) is 1.55. The van der Waals surface area contributed by atoms with Crippen molar-refractivity contribution < 1.29 is 19.0 Å². The Bertz CT molecular complexity index is 717. The normalized spacial score (nSPS) is 28.3. The van der Waals surface area contributed by atoms with Crippen molar-refractivity contribution in [2.24, 2.45) is 11.8 Å². The van der Waals surface area contributed by atoms with Gasteiger partial charge in [-0.3, -0.25) is 4.79 Å². The maximum atomic E-state index is 12.7. The van der Waals surface area contributed by atoms with Crippen LogP contribution in [0.1, 0.15) is 31.2 Å². The van der Waals surface area contributed by atoms with E-state index in [-0.39, 0.29) is 23.5 Å². The average molecular weight is 370 g/mol. The van der Waals surface area contributed by atoms with Gasteiger partial charge >= 0.3 is 0 Å². The van der Waals surface area contributed by atoms with Crippen LogP contribution in [-0.2, 0) is 14.3 Å². The van der Waals surface area contributed by atoms with Gasteiger partial charge in [-0.15, -0.1) is 0 Å². The standard InChI is InChI=1S/C21H26N2O4/c1-25-21(7-2-8-21)9-20(24)23-11-18-16(14-27-19(18)12-23)13-26-17-5-3-15(10-22)4-6-17/h3-6,16,18-19H,2,7-9,11-14H2,1H3/t16-,18-,19-/m1/s1. The first-order chi connectivity index (χ1) is 13.1. The summed E-state index contributed by atoms with van der Waals surface area (Å²) >= 11 is 0. The smallest absolute Gasteiger partial charge is 0.225 e. The number of amides is 1. The maximum Gasteiger partial charge on any atom is 0.225 e. The summed E-state index contributed by atoms with van der Waals surface area (Å²) < 4.78 is 17.5. The number of hydrogen-bond donors (Lipinski definition) is 0. The quantitative estimate of drug-likeness (QED) is 0.769. The molecule has 27 heavy (non-hydrogen) atoms. The highest BCUT2D eigenvalue weighted by Crippen LogP contribution is 2.40. The molecule has 3 atom stereocenters. The molecule has 0 aromatic heterocycles. The number of fused-ring (bicyclic) bond motifs is 1. The minimum atomic E-state index is -0.228. The molecule has 0 N–H and O–H groups in total. The van der Waals surface area contributed by atoms with E-state index in [1.54, 1.807) is 19.2 Å². The van der Waals surface area contributed by atoms with Gasteiger partial charge in [0.25, 0.3) is 0 Å². The van der Waals surface area contributed by atoms with Gasteiger partial charge in [-0.1, -0.05) is 0 Å². The second-order valence-electron chi connectivity index (χ2n) is 7.96. The predicted octanol–water partition coefficient (Wildman–Crippen LogP) is 2.37. The van der Waals surface area contributed by atoms with E-state index in [0.717, 1.165) is 31.6 Å². The van der Waals surface area contributed by atoms with Gasteiger partial charge in [0.1, 0.15) is 5.75 Å². The highest BCUT2D eigenvalue weighted by molar-refractivity contribution is 5.78. The van der Waals surface area contributed by atoms with E-state index in [4.69, 9.17) is 19.5 Å². The number of hydrogen-bond acceptors (Lipinski definition) is 5. The molecule has 0 radical (unpaired) electrons. The second-order valence-corrected chi connectivity index (χ2v) is 7.96. The lowest BCUT2D eigenvalue weighted by atomic mass is 9.77. The zero-order valence-corrected chi connectivity index (χ0v) is 15.7. The Morgan fingerprint density at radius 3 is 2.74 bits per heavy atom. The van der Waals surface area contributed by atoms with Crippen LogP contribution >= 0.6 is 0 Å². The minimum absolute atomic E-state index is 0.114. The largest absolute Gasteiger partial charge is 0.493 e. The molecule has 0 unspecified atom stereocenters. The molecule has 0 bridgehead atoms. The van der Waals surface area contributed by atoms with Crippen molar-refractivity contribution in [1.82, 2.24) is 4.90 Å². The number of rotatable bonds is 6. The maximum absolute atomic E-state index is 12.7. The third-order valence-corrected chi connectivity index (χ3v) is 6.41. The van der Waals surface area contributed by atoms with Crippen LogP contribution in [0.3, 0.4) is 0 Å². The van der Waals surface area contributed by atoms with Crippen molar-refractivity contribution in [3.05, 3.63) is 29.8 Å². The molecule has 3 aliphatic rings. The number of benzene rings is 1. The topological polar surface area (TPSA) is 71.8 Å². The monoisotopic (exact) mass is 370 g/mol. The Labute approximate surface area is 160 Å². The van der Waals surface area contributed by atoms with E-state index in [2.05, 4.69) is 6.07 Å². The van der Waals surface area contributed by atoms with Crippen LogP contribution in [0.2, 0.25) is 0 Å². The third-order valence-electron chi connectivity index (χ3n) is 6.41. The number of nitriles is 1. The van der Waals surface area contributed by atoms with Gasteiger partial charge in [-0.25, -0.2) is 0 Å². The molecule has 1 amide bonds. The Balaban J connectivity index is 1.30. The van der Waals surface area contributed by atoms with Crippen LogP contribution in [0.15, 0.2) is 24.3 Å². The summed E-state index contributed by atoms with van der Waals surface area (Å²) in [7, 11) is 1.71. The molecule has 0 spiro atoms. The number of likely N-dealkylation sites (tertiary alicyclic amines) is 1. The van der Waals surface area contributed by atoms with Crippen LogP contribution < -0.4 is 4.74 Å². The summed E-state index contributed by atoms with van der Waals surface area (Å²) in [6, 6.07) is 9.25. The predicted molar refractivity (Wildman–Crippen MR) is 98.2 cm³/mol. The SMILES string of the molecule is COC1(CC(=O)N2C[C@@H]3[C@H](COc4ccc(C#N)cc4)CO[C@@H]3C2)CCC1. The Morgan fingerprint density at radius 2 is 2.11 bits per heavy atom. The van der Waals surface area contributed by atoms with Gasteiger partial charge in [0.05, 0.1) is 43.0 Å². The van der Waals surface area contributed by atoms with Crippen molar-refractivity contribution in [3.8, 4) is 11.8 Å². The van der Waals surface area contributed by atoms with E-state index in [0.29, 0.717) is 37.7 Å². The van der Waals surface area contributed by atoms with E-state index < -0.39 is 0 Å². The number of carbonyl (C=O) groups excluding carboxylic acids is 1. The van der Waals surface area contributed by atoms with Crippen molar-refractivity contribution >= 4 is 5.91 Å². The first-order valence-corrected chi connectivity index (χ1v) is 9.70. The Hall–Kier alpha value is -2.10. The summed E-state index contributed by atoms with van der Waals surface area (Å²) in [6.07, 6.45) is 3.70. The molecule has 1 aromatic rings. The lowest BCUT2D eigenvalue weighted by Crippen LogP contribution is -2.45. The molecular weight excluding hydrogens is 344 g/mol. The number of carbonyl (C=O) groups is 1. The first kappa shape index (κ1) is 18.3. The zero-order chi connectivity index (χ0) is 18.9. The van der Waals surface area contributed by atoms with Crippen LogP contribution in [0.5, 0.6) is 5.75 Å². The summed E-state index contributed by atoms with van der Waals surface area (Å²) in [4.78, 5) is 14.7. The lowest BCUT2D eigenvalue weighted by molar-refractivity contribution is -0.143. The van der Waals surface area contributed by atoms with Gasteiger partial charge in [0.15, 0.2) is 0 Å². The second kappa shape index (κ2) is 7.49. The van der Waals surface area contributed by atoms with Crippen molar-refractivity contribution in [2.45, 2.75) is 37.4 Å². The average Bonchev–Trinajstić information content (AvgIpc) is 3.24. The lowest BCUT2D eigenvalue weighted by Gasteiger charge is -2.40. The van der Waals surface area contributed by atoms with Gasteiger partial charge in [-0.05, 0) is 43.5 Å². The first-order valence-electron chi connectivity index (χ1n) is 9.70. The van der Waals surface area contributed by atoms with E-state index in [1.165, 1.54) is 0 Å². The van der Waals surface area contributed by atoms with Crippen LogP contribution in [-0.4, -0.2) is 55.9 Å². The minimum Gasteiger partial charge on any atom is -0.493 e. The number of ether oxygens (including phenoxy) is 3. The van der Waals surface area contributed by atoms with Crippen molar-refractivity contribution in [1.29, 1.82) is 5.26 Å². The molecule has 3 fully saturated rings. The summed E-state index contributed by atoms with van der Waals surface area (Å²) in [6.45, 7) is 2.66. The fourth-order valence-electron chi connectivity index (χ4n) is 4.41. The Kier molecular flexibility index (Phi) is 5.07. The van der Waals surface area contributed by atoms with E-state index >= 15 is 0 Å².